The molecule has 0 saturated heterocycles. The SMILES string of the molecule is COc1cc(NC(=O)NCCCc2ccc(-c3ccccc3)c(N(C(=O)O)C3CCC(NC(=O)OC(C)(C)C)CC3)c2)c(Cl)cc1CNC[C@H](O[Si](C)(C)C(C)(C)C)c1ccc(O)c2[nH]c(=O)ccc12. The number of pyridine rings is 1. The molecule has 0 unspecified atom stereocenters. The summed E-state index contributed by atoms with van der Waals surface area (Å²) < 4.78 is 18.2. The maximum absolute atomic E-state index is 13.2. The summed E-state index contributed by atoms with van der Waals surface area (Å²) in [7, 11) is -0.762. The number of aromatic nitrogens is 1. The molecule has 1 aromatic heterocycles. The number of carbonyl (C=O) groups is 3. The van der Waals surface area contributed by atoms with Crippen molar-refractivity contribution in [3.8, 4) is 22.6 Å². The minimum Gasteiger partial charge on any atom is -0.506 e. The van der Waals surface area contributed by atoms with Crippen LogP contribution in [0.15, 0.2) is 89.7 Å². The van der Waals surface area contributed by atoms with Crippen molar-refractivity contribution in [2.45, 2.75) is 129 Å². The Kier molecular flexibility index (Phi) is 17.3. The number of halogens is 1. The summed E-state index contributed by atoms with van der Waals surface area (Å²) in [6, 6.07) is 24.7. The Balaban J connectivity index is 1.08. The molecule has 70 heavy (non-hydrogen) atoms. The van der Waals surface area contributed by atoms with Crippen LogP contribution in [0.1, 0.15) is 96.4 Å². The van der Waals surface area contributed by atoms with Gasteiger partial charge in [0.2, 0.25) is 5.56 Å². The van der Waals surface area contributed by atoms with E-state index in [0.29, 0.717) is 91.2 Å². The second-order valence-electron chi connectivity index (χ2n) is 20.4. The van der Waals surface area contributed by atoms with Crippen molar-refractivity contribution in [1.82, 2.24) is 20.9 Å². The number of rotatable bonds is 17. The zero-order valence-corrected chi connectivity index (χ0v) is 43.5. The first-order valence-corrected chi connectivity index (χ1v) is 27.2. The van der Waals surface area contributed by atoms with Crippen molar-refractivity contribution in [3.05, 3.63) is 117 Å². The summed E-state index contributed by atoms with van der Waals surface area (Å²) in [5.41, 5.74) is 4.59. The predicted molar refractivity (Wildman–Crippen MR) is 280 cm³/mol. The summed E-state index contributed by atoms with van der Waals surface area (Å²) in [5.74, 6) is 0.489. The number of alkyl carbamates (subject to hydrolysis) is 1. The number of hydrogen-bond donors (Lipinski definition) is 7. The number of aromatic amines is 1. The number of urea groups is 1. The van der Waals surface area contributed by atoms with Crippen LogP contribution in [-0.4, -0.2) is 79.6 Å². The van der Waals surface area contributed by atoms with Gasteiger partial charge in [-0.3, -0.25) is 9.69 Å². The highest BCUT2D eigenvalue weighted by Gasteiger charge is 2.40. The highest BCUT2D eigenvalue weighted by Crippen LogP contribution is 2.42. The number of amides is 4. The Labute approximate surface area is 416 Å². The van der Waals surface area contributed by atoms with E-state index in [2.05, 4.69) is 60.1 Å². The van der Waals surface area contributed by atoms with Crippen molar-refractivity contribution in [3.63, 3.8) is 0 Å². The summed E-state index contributed by atoms with van der Waals surface area (Å²) in [6.45, 7) is 17.4. The number of phenols is 1. The number of carboxylic acid groups (broad SMARTS) is 1. The number of aromatic hydroxyl groups is 1. The Morgan fingerprint density at radius 1 is 0.929 bits per heavy atom. The van der Waals surface area contributed by atoms with Gasteiger partial charge < -0.3 is 50.4 Å². The van der Waals surface area contributed by atoms with E-state index < -0.39 is 38.2 Å². The average molecular weight is 998 g/mol. The molecule has 6 rings (SSSR count). The predicted octanol–water partition coefficient (Wildman–Crippen LogP) is 11.5. The quantitative estimate of drug-likeness (QED) is 0.0347. The van der Waals surface area contributed by atoms with Crippen LogP contribution in [-0.2, 0) is 22.1 Å². The van der Waals surface area contributed by atoms with Crippen LogP contribution in [0.2, 0.25) is 23.2 Å². The highest BCUT2D eigenvalue weighted by molar-refractivity contribution is 6.74. The Hall–Kier alpha value is -6.07. The number of methoxy groups -OCH3 is 1. The average Bonchev–Trinajstić information content (AvgIpc) is 3.28. The minimum absolute atomic E-state index is 0.0226. The van der Waals surface area contributed by atoms with Gasteiger partial charge in [0.25, 0.3) is 0 Å². The van der Waals surface area contributed by atoms with Gasteiger partial charge in [-0.15, -0.1) is 0 Å². The summed E-state index contributed by atoms with van der Waals surface area (Å²) in [6.07, 6.45) is 1.56. The number of carbonyl (C=O) groups excluding carboxylic acids is 2. The molecule has 0 radical (unpaired) electrons. The number of ether oxygens (including phenoxy) is 2. The number of aryl methyl sites for hydroxylation is 1. The fraction of sp³-hybridized carbons (Fsp3) is 0.434. The third-order valence-corrected chi connectivity index (χ3v) is 17.9. The van der Waals surface area contributed by atoms with Crippen LogP contribution < -0.4 is 36.5 Å². The normalized spacial score (nSPS) is 15.7. The maximum atomic E-state index is 13.2. The standard InChI is InChI=1S/C53H69ClN6O9Si/c1-52(2,3)68-50(64)57-36-18-20-37(21-19-36)60(51(65)66)43-28-33(17-22-38(43)34-15-11-10-12-16-34)14-13-27-56-49(63)58-42-30-45(67-7)35(29-41(42)54)31-55-32-46(69-70(8,9)53(4,5)6)39-23-25-44(61)48-40(39)24-26-47(62)59-48/h10-12,15-17,22-26,28-30,36-37,46,55,61H,13-14,18-21,27,31-32H2,1-9H3,(H,57,64)(H,59,62)(H,65,66)(H2,56,58,63)/t36?,37?,46-/m0/s1. The second-order valence-corrected chi connectivity index (χ2v) is 25.6. The number of nitrogens with one attached hydrogen (secondary N) is 5. The number of nitrogens with zero attached hydrogens (tertiary/aromatic N) is 1. The molecule has 1 heterocycles. The van der Waals surface area contributed by atoms with Crippen molar-refractivity contribution in [2.75, 3.05) is 30.4 Å². The number of hydrogen-bond acceptors (Lipinski definition) is 9. The lowest BCUT2D eigenvalue weighted by atomic mass is 9.89. The molecule has 4 amide bonds. The largest absolute Gasteiger partial charge is 0.506 e. The highest BCUT2D eigenvalue weighted by atomic mass is 35.5. The fourth-order valence-corrected chi connectivity index (χ4v) is 10.0. The van der Waals surface area contributed by atoms with Gasteiger partial charge >= 0.3 is 18.2 Å². The molecule has 4 aromatic carbocycles. The van der Waals surface area contributed by atoms with Gasteiger partial charge in [0.05, 0.1) is 35.1 Å². The molecule has 1 aliphatic carbocycles. The van der Waals surface area contributed by atoms with E-state index in [9.17, 15) is 29.4 Å². The van der Waals surface area contributed by atoms with E-state index in [4.69, 9.17) is 25.5 Å². The molecule has 0 bridgehead atoms. The summed E-state index contributed by atoms with van der Waals surface area (Å²) in [5, 5.41) is 34.4. The van der Waals surface area contributed by atoms with Gasteiger partial charge in [-0.25, -0.2) is 14.4 Å². The summed E-state index contributed by atoms with van der Waals surface area (Å²) in [4.78, 5) is 55.2. The Morgan fingerprint density at radius 3 is 2.30 bits per heavy atom. The van der Waals surface area contributed by atoms with E-state index in [1.165, 1.54) is 11.0 Å². The third-order valence-electron chi connectivity index (χ3n) is 13.1. The van der Waals surface area contributed by atoms with Gasteiger partial charge in [-0.05, 0) is 118 Å². The molecular weight excluding hydrogens is 928 g/mol. The Bertz CT molecular complexity index is 2690. The van der Waals surface area contributed by atoms with Gasteiger partial charge in [-0.2, -0.15) is 0 Å². The molecule has 1 fully saturated rings. The van der Waals surface area contributed by atoms with E-state index in [0.717, 1.165) is 27.8 Å². The minimum atomic E-state index is -2.31. The summed E-state index contributed by atoms with van der Waals surface area (Å²) >= 11 is 6.77. The molecule has 1 aliphatic rings. The van der Waals surface area contributed by atoms with Crippen molar-refractivity contribution >= 4 is 60.4 Å². The van der Waals surface area contributed by atoms with Crippen molar-refractivity contribution in [1.29, 1.82) is 0 Å². The van der Waals surface area contributed by atoms with E-state index in [1.54, 1.807) is 31.4 Å². The van der Waals surface area contributed by atoms with E-state index >= 15 is 0 Å². The number of H-pyrrole nitrogens is 1. The fourth-order valence-electron chi connectivity index (χ4n) is 8.51. The first-order valence-electron chi connectivity index (χ1n) is 23.9. The molecule has 15 nitrogen and oxygen atoms in total. The molecule has 1 atom stereocenters. The number of anilines is 2. The van der Waals surface area contributed by atoms with Crippen LogP contribution in [0.3, 0.4) is 0 Å². The van der Waals surface area contributed by atoms with Crippen LogP contribution in [0.25, 0.3) is 22.0 Å². The topological polar surface area (TPSA) is 204 Å². The number of phenolic OH excluding ortho intramolecular Hbond substituents is 1. The van der Waals surface area contributed by atoms with E-state index in [-0.39, 0.29) is 28.4 Å². The molecule has 1 saturated carbocycles. The lowest BCUT2D eigenvalue weighted by Gasteiger charge is -2.39. The van der Waals surface area contributed by atoms with E-state index in [1.807, 2.05) is 75.4 Å². The molecule has 7 N–H and O–H groups in total. The lowest BCUT2D eigenvalue weighted by Crippen LogP contribution is -2.47. The maximum Gasteiger partial charge on any atom is 0.412 e. The van der Waals surface area contributed by atoms with Crippen LogP contribution >= 0.6 is 11.6 Å². The van der Waals surface area contributed by atoms with Crippen LogP contribution in [0.5, 0.6) is 11.5 Å². The molecular formula is C53H69ClN6O9Si. The second kappa shape index (κ2) is 22.8. The van der Waals surface area contributed by atoms with Crippen molar-refractivity contribution in [2.24, 2.45) is 0 Å². The van der Waals surface area contributed by atoms with Crippen LogP contribution in [0, 0.1) is 0 Å². The van der Waals surface area contributed by atoms with Gasteiger partial charge in [-0.1, -0.05) is 80.9 Å². The molecule has 17 heteroatoms. The zero-order chi connectivity index (χ0) is 51.0. The molecule has 0 aliphatic heterocycles. The first kappa shape index (κ1) is 53.3. The molecule has 0 spiro atoms. The number of fused-ring (bicyclic) bond motifs is 1. The smallest absolute Gasteiger partial charge is 0.412 e. The molecule has 376 valence electrons. The first-order chi connectivity index (χ1) is 33.0. The third kappa shape index (κ3) is 13.8. The van der Waals surface area contributed by atoms with Gasteiger partial charge in [0.1, 0.15) is 17.1 Å². The van der Waals surface area contributed by atoms with Crippen LogP contribution in [0.4, 0.5) is 25.8 Å². The van der Waals surface area contributed by atoms with Crippen molar-refractivity contribution < 1.29 is 38.5 Å². The molecule has 5 aromatic rings. The monoisotopic (exact) mass is 996 g/mol. The number of benzene rings is 4. The zero-order valence-electron chi connectivity index (χ0n) is 41.8. The Morgan fingerprint density at radius 2 is 1.64 bits per heavy atom. The van der Waals surface area contributed by atoms with Gasteiger partial charge in [0.15, 0.2) is 8.32 Å². The van der Waals surface area contributed by atoms with Gasteiger partial charge in [0, 0.05) is 60.4 Å². The lowest BCUT2D eigenvalue weighted by molar-refractivity contribution is 0.0490.